The van der Waals surface area contributed by atoms with Crippen LogP contribution in [0.4, 0.5) is 0 Å². The van der Waals surface area contributed by atoms with Crippen molar-refractivity contribution in [2.75, 3.05) is 6.61 Å². The summed E-state index contributed by atoms with van der Waals surface area (Å²) in [6, 6.07) is 1.84. The van der Waals surface area contributed by atoms with Gasteiger partial charge in [0.25, 0.3) is 0 Å². The van der Waals surface area contributed by atoms with Gasteiger partial charge in [0, 0.05) is 6.07 Å². The molecule has 0 fully saturated rings. The number of nitrogens with zero attached hydrogens (tertiary/aromatic N) is 4. The van der Waals surface area contributed by atoms with Gasteiger partial charge in [-0.3, -0.25) is 0 Å². The van der Waals surface area contributed by atoms with Gasteiger partial charge in [-0.1, -0.05) is 0 Å². The van der Waals surface area contributed by atoms with Crippen LogP contribution in [0.1, 0.15) is 6.92 Å². The molecule has 0 spiro atoms. The number of rotatable bonds is 2. The largest absolute Gasteiger partial charge is 0.398 e. The Kier molecular flexibility index (Phi) is 1.28. The Morgan fingerprint density at radius 2 is 2.55 bits per heavy atom. The minimum Gasteiger partial charge on any atom is -0.398 e. The van der Waals surface area contributed by atoms with Crippen molar-refractivity contribution in [1.82, 2.24) is 19.6 Å². The molecule has 2 heterocycles. The molecule has 5 nitrogen and oxygen atoms in total. The van der Waals surface area contributed by atoms with E-state index < -0.39 is 0 Å². The molecule has 2 rings (SSSR count). The van der Waals surface area contributed by atoms with Crippen LogP contribution in [0.5, 0.6) is 0 Å². The molecule has 0 radical (unpaired) electrons. The van der Waals surface area contributed by atoms with Crippen LogP contribution in [0.2, 0.25) is 0 Å². The number of hydrogen-bond donors (Lipinski definition) is 0. The fraction of sp³-hybridized carbons (Fsp3) is 0.333. The summed E-state index contributed by atoms with van der Waals surface area (Å²) in [5, 5.41) is 7.55. The Morgan fingerprint density at radius 3 is 3.36 bits per heavy atom. The van der Waals surface area contributed by atoms with Crippen molar-refractivity contribution < 1.29 is 4.84 Å². The normalized spacial score (nSPS) is 10.6. The molecule has 0 aromatic carbocycles. The first kappa shape index (κ1) is 6.21. The van der Waals surface area contributed by atoms with Crippen molar-refractivity contribution in [3.8, 4) is 0 Å². The second-order valence-corrected chi connectivity index (χ2v) is 2.07. The molecule has 0 saturated carbocycles. The summed E-state index contributed by atoms with van der Waals surface area (Å²) < 4.78 is 1.73. The second-order valence-electron chi connectivity index (χ2n) is 2.07. The van der Waals surface area contributed by atoms with E-state index in [0.717, 1.165) is 5.65 Å². The van der Waals surface area contributed by atoms with E-state index >= 15 is 0 Å². The van der Waals surface area contributed by atoms with Gasteiger partial charge < -0.3 is 4.84 Å². The van der Waals surface area contributed by atoms with E-state index in [4.69, 9.17) is 4.84 Å². The van der Waals surface area contributed by atoms with Crippen LogP contribution >= 0.6 is 0 Å². The fourth-order valence-corrected chi connectivity index (χ4v) is 0.940. The van der Waals surface area contributed by atoms with Crippen LogP contribution < -0.4 is 4.84 Å². The fourth-order valence-electron chi connectivity index (χ4n) is 0.940. The number of aromatic nitrogens is 4. The zero-order valence-electron chi connectivity index (χ0n) is 6.14. The molecule has 0 N–H and O–H groups in total. The summed E-state index contributed by atoms with van der Waals surface area (Å²) in [6.45, 7) is 2.55. The third-order valence-electron chi connectivity index (χ3n) is 1.38. The van der Waals surface area contributed by atoms with Crippen LogP contribution in [0.3, 0.4) is 0 Å². The van der Waals surface area contributed by atoms with Gasteiger partial charge in [0.15, 0.2) is 5.65 Å². The average Bonchev–Trinajstić information content (AvgIpc) is 2.53. The summed E-state index contributed by atoms with van der Waals surface area (Å²) >= 11 is 0. The highest BCUT2D eigenvalue weighted by Gasteiger charge is 1.99. The molecule has 0 unspecified atom stereocenters. The third-order valence-corrected chi connectivity index (χ3v) is 1.38. The second kappa shape index (κ2) is 2.26. The van der Waals surface area contributed by atoms with Crippen LogP contribution in [-0.4, -0.2) is 26.2 Å². The van der Waals surface area contributed by atoms with Gasteiger partial charge in [0.05, 0.1) is 6.20 Å². The van der Waals surface area contributed by atoms with E-state index in [2.05, 4.69) is 10.2 Å². The summed E-state index contributed by atoms with van der Waals surface area (Å²) in [5.41, 5.74) is 0.790. The molecule has 5 heteroatoms. The molecule has 2 aromatic heterocycles. The van der Waals surface area contributed by atoms with Crippen LogP contribution in [-0.2, 0) is 0 Å². The van der Waals surface area contributed by atoms with E-state index in [1.165, 1.54) is 0 Å². The summed E-state index contributed by atoms with van der Waals surface area (Å²) in [5.74, 6) is 0. The van der Waals surface area contributed by atoms with E-state index in [9.17, 15) is 0 Å². The van der Waals surface area contributed by atoms with Crippen molar-refractivity contribution in [2.24, 2.45) is 0 Å². The Hall–Kier alpha value is -1.52. The van der Waals surface area contributed by atoms with Gasteiger partial charge in [0.1, 0.15) is 12.9 Å². The third kappa shape index (κ3) is 0.849. The lowest BCUT2D eigenvalue weighted by molar-refractivity contribution is 0.0839. The summed E-state index contributed by atoms with van der Waals surface area (Å²) in [6.07, 6.45) is 3.40. The van der Waals surface area contributed by atoms with Gasteiger partial charge >= 0.3 is 0 Å². The van der Waals surface area contributed by atoms with E-state index in [-0.39, 0.29) is 0 Å². The molecule has 0 amide bonds. The van der Waals surface area contributed by atoms with E-state index in [1.807, 2.05) is 13.0 Å². The highest BCUT2D eigenvalue weighted by atomic mass is 16.7. The summed E-state index contributed by atoms with van der Waals surface area (Å²) in [4.78, 5) is 6.81. The van der Waals surface area contributed by atoms with Crippen LogP contribution in [0, 0.1) is 0 Å². The Labute approximate surface area is 63.1 Å². The average molecular weight is 152 g/mol. The first-order valence-corrected chi connectivity index (χ1v) is 3.42. The molecule has 0 bridgehead atoms. The Balaban J connectivity index is 2.51. The van der Waals surface area contributed by atoms with Gasteiger partial charge in [-0.15, -0.1) is 15.0 Å². The van der Waals surface area contributed by atoms with Crippen molar-refractivity contribution in [1.29, 1.82) is 0 Å². The zero-order valence-corrected chi connectivity index (χ0v) is 6.14. The number of fused-ring (bicyclic) bond motifs is 1. The molecule has 0 aliphatic heterocycles. The standard InChI is InChI=1S/C6H8N4O/c1-2-11-10-4-3-6-8-7-5-9(6)10/h3-5H,2H2,1H3. The lowest BCUT2D eigenvalue weighted by Gasteiger charge is -2.02. The zero-order chi connectivity index (χ0) is 7.68. The maximum Gasteiger partial charge on any atom is 0.180 e. The molecule has 2 aromatic rings. The van der Waals surface area contributed by atoms with Gasteiger partial charge in [-0.25, -0.2) is 0 Å². The highest BCUT2D eigenvalue weighted by molar-refractivity contribution is 5.33. The lowest BCUT2D eigenvalue weighted by Crippen LogP contribution is -2.14. The molecular formula is C6H8N4O. The number of hydrogen-bond acceptors (Lipinski definition) is 3. The molecule has 0 saturated heterocycles. The van der Waals surface area contributed by atoms with E-state index in [1.54, 1.807) is 21.9 Å². The quantitative estimate of drug-likeness (QED) is 0.607. The molecular weight excluding hydrogens is 144 g/mol. The van der Waals surface area contributed by atoms with Crippen LogP contribution in [0.25, 0.3) is 5.65 Å². The minimum absolute atomic E-state index is 0.627. The minimum atomic E-state index is 0.627. The topological polar surface area (TPSA) is 44.3 Å². The van der Waals surface area contributed by atoms with Crippen molar-refractivity contribution >= 4 is 5.65 Å². The molecule has 0 aliphatic rings. The maximum absolute atomic E-state index is 5.22. The van der Waals surface area contributed by atoms with Gasteiger partial charge in [0.2, 0.25) is 0 Å². The first-order valence-electron chi connectivity index (χ1n) is 3.42. The molecule has 0 aliphatic carbocycles. The van der Waals surface area contributed by atoms with Crippen LogP contribution in [0.15, 0.2) is 18.6 Å². The van der Waals surface area contributed by atoms with Gasteiger partial charge in [-0.2, -0.15) is 4.52 Å². The molecule has 11 heavy (non-hydrogen) atoms. The van der Waals surface area contributed by atoms with Crippen molar-refractivity contribution in [3.05, 3.63) is 18.6 Å². The highest BCUT2D eigenvalue weighted by Crippen LogP contribution is 1.96. The maximum atomic E-state index is 5.22. The lowest BCUT2D eigenvalue weighted by atomic mass is 10.7. The Bertz CT molecular complexity index is 350. The monoisotopic (exact) mass is 152 g/mol. The first-order chi connectivity index (χ1) is 5.42. The molecule has 58 valence electrons. The predicted molar refractivity (Wildman–Crippen MR) is 38.1 cm³/mol. The molecule has 0 atom stereocenters. The smallest absolute Gasteiger partial charge is 0.180 e. The van der Waals surface area contributed by atoms with E-state index in [0.29, 0.717) is 6.61 Å². The van der Waals surface area contributed by atoms with Gasteiger partial charge in [-0.05, 0) is 6.92 Å². The summed E-state index contributed by atoms with van der Waals surface area (Å²) in [7, 11) is 0. The Morgan fingerprint density at radius 1 is 1.64 bits per heavy atom. The predicted octanol–water partition coefficient (Wildman–Crippen LogP) is -0.0207. The van der Waals surface area contributed by atoms with Crippen molar-refractivity contribution in [2.45, 2.75) is 6.92 Å². The van der Waals surface area contributed by atoms with Crippen molar-refractivity contribution in [3.63, 3.8) is 0 Å². The SMILES string of the molecule is CCOn1ccc2nncn21.